The molecule has 1 heterocycles. The molecule has 0 unspecified atom stereocenters. The fraction of sp³-hybridized carbons (Fsp3) is 0.538. The molecule has 2 heteroatoms. The molecule has 80 valence electrons. The topological polar surface area (TPSA) is 32.8 Å². The standard InChI is InChI=1S/C13H16O2/c1-12(2)9-7-5-4-6-8(9)10-11(15-10)13(12,3)14/h4-7,10-11,14H,1-3H3/t10-,11-,13+/m1/s1. The first-order valence-corrected chi connectivity index (χ1v) is 5.43. The zero-order valence-corrected chi connectivity index (χ0v) is 9.32. The third-order valence-electron chi connectivity index (χ3n) is 4.25. The minimum absolute atomic E-state index is 0.0256. The van der Waals surface area contributed by atoms with Crippen LogP contribution in [0.2, 0.25) is 0 Å². The minimum Gasteiger partial charge on any atom is -0.386 e. The summed E-state index contributed by atoms with van der Waals surface area (Å²) in [7, 11) is 0. The van der Waals surface area contributed by atoms with Crippen molar-refractivity contribution in [1.82, 2.24) is 0 Å². The molecular formula is C13H16O2. The molecule has 3 atom stereocenters. The third-order valence-corrected chi connectivity index (χ3v) is 4.25. The predicted octanol–water partition coefficient (Wildman–Crippen LogP) is 2.17. The molecule has 15 heavy (non-hydrogen) atoms. The number of rotatable bonds is 0. The van der Waals surface area contributed by atoms with Crippen molar-refractivity contribution >= 4 is 0 Å². The number of ether oxygens (including phenoxy) is 1. The van der Waals surface area contributed by atoms with Crippen molar-refractivity contribution < 1.29 is 9.84 Å². The highest BCUT2D eigenvalue weighted by Crippen LogP contribution is 2.58. The van der Waals surface area contributed by atoms with Gasteiger partial charge in [0.2, 0.25) is 0 Å². The summed E-state index contributed by atoms with van der Waals surface area (Å²) in [5.41, 5.74) is 1.44. The fourth-order valence-corrected chi connectivity index (χ4v) is 2.72. The van der Waals surface area contributed by atoms with E-state index in [1.165, 1.54) is 11.1 Å². The second-order valence-corrected chi connectivity index (χ2v) is 5.34. The van der Waals surface area contributed by atoms with Crippen LogP contribution in [0.3, 0.4) is 0 Å². The highest BCUT2D eigenvalue weighted by atomic mass is 16.6. The van der Waals surface area contributed by atoms with Crippen LogP contribution in [-0.4, -0.2) is 16.8 Å². The Morgan fingerprint density at radius 1 is 1.20 bits per heavy atom. The van der Waals surface area contributed by atoms with Gasteiger partial charge < -0.3 is 9.84 Å². The van der Waals surface area contributed by atoms with Gasteiger partial charge in [-0.2, -0.15) is 0 Å². The first kappa shape index (κ1) is 9.37. The molecule has 0 aromatic heterocycles. The van der Waals surface area contributed by atoms with Crippen molar-refractivity contribution in [1.29, 1.82) is 0 Å². The van der Waals surface area contributed by atoms with Crippen molar-refractivity contribution in [2.24, 2.45) is 0 Å². The van der Waals surface area contributed by atoms with E-state index in [2.05, 4.69) is 26.0 Å². The number of epoxide rings is 1. The van der Waals surface area contributed by atoms with Crippen molar-refractivity contribution in [3.05, 3.63) is 35.4 Å². The van der Waals surface area contributed by atoms with E-state index in [4.69, 9.17) is 4.74 Å². The van der Waals surface area contributed by atoms with Crippen LogP contribution in [0.25, 0.3) is 0 Å². The van der Waals surface area contributed by atoms with E-state index in [1.54, 1.807) is 0 Å². The van der Waals surface area contributed by atoms with Crippen LogP contribution in [0.4, 0.5) is 0 Å². The van der Waals surface area contributed by atoms with E-state index in [0.717, 1.165) is 0 Å². The van der Waals surface area contributed by atoms with Crippen molar-refractivity contribution in [2.75, 3.05) is 0 Å². The van der Waals surface area contributed by atoms with E-state index >= 15 is 0 Å². The van der Waals surface area contributed by atoms with Crippen LogP contribution >= 0.6 is 0 Å². The van der Waals surface area contributed by atoms with Crippen LogP contribution < -0.4 is 0 Å². The lowest BCUT2D eigenvalue weighted by Crippen LogP contribution is -2.52. The van der Waals surface area contributed by atoms with Gasteiger partial charge in [0.1, 0.15) is 12.2 Å². The molecular weight excluding hydrogens is 188 g/mol. The number of aliphatic hydroxyl groups is 1. The van der Waals surface area contributed by atoms with Gasteiger partial charge in [0.25, 0.3) is 0 Å². The van der Waals surface area contributed by atoms with Gasteiger partial charge in [0, 0.05) is 5.41 Å². The summed E-state index contributed by atoms with van der Waals surface area (Å²) in [6.45, 7) is 6.06. The molecule has 3 rings (SSSR count). The van der Waals surface area contributed by atoms with Crippen molar-refractivity contribution in [3.8, 4) is 0 Å². The summed E-state index contributed by atoms with van der Waals surface area (Å²) in [6.07, 6.45) is 0.0895. The number of fused-ring (bicyclic) bond motifs is 3. The zero-order chi connectivity index (χ0) is 10.8. The highest BCUT2D eigenvalue weighted by molar-refractivity contribution is 5.45. The Kier molecular flexibility index (Phi) is 1.53. The van der Waals surface area contributed by atoms with Crippen LogP contribution in [0.1, 0.15) is 38.0 Å². The average Bonchev–Trinajstić information content (AvgIpc) is 2.96. The molecule has 0 saturated carbocycles. The van der Waals surface area contributed by atoms with Gasteiger partial charge in [-0.15, -0.1) is 0 Å². The molecule has 1 saturated heterocycles. The highest BCUT2D eigenvalue weighted by Gasteiger charge is 2.63. The van der Waals surface area contributed by atoms with Crippen LogP contribution in [0, 0.1) is 0 Å². The average molecular weight is 204 g/mol. The molecule has 1 fully saturated rings. The van der Waals surface area contributed by atoms with Crippen LogP contribution in [0.15, 0.2) is 24.3 Å². The van der Waals surface area contributed by atoms with E-state index in [-0.39, 0.29) is 17.6 Å². The molecule has 1 aromatic rings. The maximum atomic E-state index is 10.5. The van der Waals surface area contributed by atoms with Gasteiger partial charge in [-0.25, -0.2) is 0 Å². The Labute approximate surface area is 89.9 Å². The van der Waals surface area contributed by atoms with E-state index in [1.807, 2.05) is 19.1 Å². The van der Waals surface area contributed by atoms with Crippen LogP contribution in [-0.2, 0) is 10.2 Å². The van der Waals surface area contributed by atoms with Gasteiger partial charge in [0.15, 0.2) is 0 Å². The van der Waals surface area contributed by atoms with E-state index in [9.17, 15) is 5.11 Å². The molecule has 1 aliphatic carbocycles. The number of hydrogen-bond donors (Lipinski definition) is 1. The van der Waals surface area contributed by atoms with Gasteiger partial charge in [-0.05, 0) is 18.1 Å². The molecule has 1 N–H and O–H groups in total. The number of hydrogen-bond acceptors (Lipinski definition) is 2. The van der Waals surface area contributed by atoms with Gasteiger partial charge in [0.05, 0.1) is 5.60 Å². The van der Waals surface area contributed by atoms with E-state index in [0.29, 0.717) is 0 Å². The minimum atomic E-state index is -0.772. The first-order chi connectivity index (χ1) is 6.96. The molecule has 0 bridgehead atoms. The quantitative estimate of drug-likeness (QED) is 0.657. The molecule has 2 nitrogen and oxygen atoms in total. The molecule has 1 aromatic carbocycles. The smallest absolute Gasteiger partial charge is 0.118 e. The fourth-order valence-electron chi connectivity index (χ4n) is 2.72. The van der Waals surface area contributed by atoms with Gasteiger partial charge >= 0.3 is 0 Å². The maximum absolute atomic E-state index is 10.5. The summed E-state index contributed by atoms with van der Waals surface area (Å²) in [6, 6.07) is 8.27. The monoisotopic (exact) mass is 204 g/mol. The molecule has 0 spiro atoms. The first-order valence-electron chi connectivity index (χ1n) is 5.43. The van der Waals surface area contributed by atoms with Crippen molar-refractivity contribution in [2.45, 2.75) is 44.0 Å². The normalized spacial score (nSPS) is 40.5. The lowest BCUT2D eigenvalue weighted by atomic mass is 9.63. The number of benzene rings is 1. The predicted molar refractivity (Wildman–Crippen MR) is 57.7 cm³/mol. The van der Waals surface area contributed by atoms with Gasteiger partial charge in [-0.3, -0.25) is 0 Å². The lowest BCUT2D eigenvalue weighted by Gasteiger charge is -2.43. The Balaban J connectivity index is 2.25. The third kappa shape index (κ3) is 0.963. The summed E-state index contributed by atoms with van der Waals surface area (Å²) in [5.74, 6) is 0. The SMILES string of the molecule is CC1(C)c2ccccc2[C@H]2O[C@H]2[C@]1(C)O. The Bertz CT molecular complexity index is 420. The summed E-state index contributed by atoms with van der Waals surface area (Å²) in [5, 5.41) is 10.5. The second kappa shape index (κ2) is 2.45. The Morgan fingerprint density at radius 3 is 2.60 bits per heavy atom. The summed E-state index contributed by atoms with van der Waals surface area (Å²) >= 11 is 0. The van der Waals surface area contributed by atoms with Crippen molar-refractivity contribution in [3.63, 3.8) is 0 Å². The summed E-state index contributed by atoms with van der Waals surface area (Å²) in [4.78, 5) is 0. The molecule has 0 radical (unpaired) electrons. The zero-order valence-electron chi connectivity index (χ0n) is 9.32. The second-order valence-electron chi connectivity index (χ2n) is 5.34. The van der Waals surface area contributed by atoms with E-state index < -0.39 is 5.60 Å². The Hall–Kier alpha value is -0.860. The lowest BCUT2D eigenvalue weighted by molar-refractivity contribution is -0.0339. The van der Waals surface area contributed by atoms with Gasteiger partial charge in [-0.1, -0.05) is 38.1 Å². The molecule has 2 aliphatic rings. The molecule has 1 aliphatic heterocycles. The Morgan fingerprint density at radius 2 is 1.87 bits per heavy atom. The summed E-state index contributed by atoms with van der Waals surface area (Å²) < 4.78 is 5.61. The molecule has 0 amide bonds. The largest absolute Gasteiger partial charge is 0.386 e. The maximum Gasteiger partial charge on any atom is 0.118 e. The van der Waals surface area contributed by atoms with Crippen LogP contribution in [0.5, 0.6) is 0 Å².